The lowest BCUT2D eigenvalue weighted by molar-refractivity contribution is 0.0995. The van der Waals surface area contributed by atoms with Crippen molar-refractivity contribution in [2.45, 2.75) is 33.4 Å². The fraction of sp³-hybridized carbons (Fsp3) is 0.364. The molecular formula is C22H29N7O4. The maximum absolute atomic E-state index is 13.0. The number of nitrogens with one attached hydrogen (secondary N) is 1. The zero-order valence-electron chi connectivity index (χ0n) is 18.7. The summed E-state index contributed by atoms with van der Waals surface area (Å²) in [6.07, 6.45) is 4.04. The van der Waals surface area contributed by atoms with Crippen molar-refractivity contribution in [2.24, 2.45) is 11.5 Å². The molecule has 0 saturated heterocycles. The van der Waals surface area contributed by atoms with Gasteiger partial charge in [-0.25, -0.2) is 4.98 Å². The van der Waals surface area contributed by atoms with Gasteiger partial charge in [-0.3, -0.25) is 19.6 Å². The van der Waals surface area contributed by atoms with Crippen molar-refractivity contribution < 1.29 is 19.4 Å². The van der Waals surface area contributed by atoms with E-state index in [1.807, 2.05) is 19.9 Å². The molecule has 0 aliphatic rings. The van der Waals surface area contributed by atoms with Gasteiger partial charge in [-0.1, -0.05) is 12.2 Å². The Hall–Kier alpha value is -3.70. The number of carbonyl (C=O) groups excluding carboxylic acids is 2. The van der Waals surface area contributed by atoms with Gasteiger partial charge < -0.3 is 25.9 Å². The molecule has 1 aromatic carbocycles. The molecule has 0 bridgehead atoms. The smallest absolute Gasteiger partial charge is 0.276 e. The average molecular weight is 456 g/mol. The van der Waals surface area contributed by atoms with Gasteiger partial charge in [0.1, 0.15) is 17.0 Å². The van der Waals surface area contributed by atoms with Crippen LogP contribution in [-0.4, -0.2) is 56.0 Å². The summed E-state index contributed by atoms with van der Waals surface area (Å²) >= 11 is 0. The number of benzene rings is 1. The highest BCUT2D eigenvalue weighted by Crippen LogP contribution is 2.31. The molecule has 3 aromatic rings. The number of imidazole rings is 1. The first-order valence-electron chi connectivity index (χ1n) is 10.7. The second kappa shape index (κ2) is 10.7. The van der Waals surface area contributed by atoms with Crippen molar-refractivity contribution in [2.75, 3.05) is 25.1 Å². The van der Waals surface area contributed by atoms with Crippen LogP contribution in [0.15, 0.2) is 30.4 Å². The highest BCUT2D eigenvalue weighted by Gasteiger charge is 2.21. The molecule has 6 N–H and O–H groups in total. The van der Waals surface area contributed by atoms with E-state index in [0.717, 1.165) is 5.69 Å². The number of hydrogen-bond acceptors (Lipinski definition) is 7. The number of primary amides is 1. The molecule has 2 aromatic heterocycles. The van der Waals surface area contributed by atoms with Crippen LogP contribution in [0, 0.1) is 6.92 Å². The van der Waals surface area contributed by atoms with Crippen LogP contribution in [0.3, 0.4) is 0 Å². The first kappa shape index (κ1) is 24.0. The normalized spacial score (nSPS) is 11.4. The zero-order valence-corrected chi connectivity index (χ0v) is 18.7. The molecule has 0 radical (unpaired) electrons. The molecule has 0 fully saturated rings. The number of amides is 2. The molecule has 0 aliphatic heterocycles. The van der Waals surface area contributed by atoms with Gasteiger partial charge in [0.15, 0.2) is 0 Å². The van der Waals surface area contributed by atoms with E-state index >= 15 is 0 Å². The number of nitrogens with zero attached hydrogens (tertiary/aromatic N) is 4. The first-order valence-corrected chi connectivity index (χ1v) is 10.7. The van der Waals surface area contributed by atoms with E-state index in [0.29, 0.717) is 48.5 Å². The van der Waals surface area contributed by atoms with Gasteiger partial charge in [0.05, 0.1) is 17.8 Å². The summed E-state index contributed by atoms with van der Waals surface area (Å²) in [4.78, 5) is 29.4. The third kappa shape index (κ3) is 5.38. The van der Waals surface area contributed by atoms with Crippen LogP contribution in [-0.2, 0) is 13.1 Å². The molecule has 0 atom stereocenters. The highest BCUT2D eigenvalue weighted by atomic mass is 16.5. The third-order valence-electron chi connectivity index (χ3n) is 4.90. The Morgan fingerprint density at radius 3 is 2.73 bits per heavy atom. The number of hydrogen-bond donors (Lipinski definition) is 4. The lowest BCUT2D eigenvalue weighted by Gasteiger charge is -2.12. The summed E-state index contributed by atoms with van der Waals surface area (Å²) in [5.74, 6) is -0.353. The van der Waals surface area contributed by atoms with Crippen LogP contribution in [0.5, 0.6) is 5.75 Å². The van der Waals surface area contributed by atoms with Crippen LogP contribution < -0.4 is 21.5 Å². The quantitative estimate of drug-likeness (QED) is 0.249. The Labute approximate surface area is 191 Å². The molecule has 0 saturated carbocycles. The van der Waals surface area contributed by atoms with Crippen molar-refractivity contribution in [1.29, 1.82) is 0 Å². The molecule has 33 heavy (non-hydrogen) atoms. The number of nitrogens with two attached hydrogens (primary N) is 2. The average Bonchev–Trinajstić information content (AvgIpc) is 3.33. The third-order valence-corrected chi connectivity index (χ3v) is 4.90. The summed E-state index contributed by atoms with van der Waals surface area (Å²) in [5, 5.41) is 16.3. The Bertz CT molecular complexity index is 1180. The van der Waals surface area contributed by atoms with Crippen LogP contribution in [0.1, 0.15) is 39.9 Å². The number of fused-ring (bicyclic) bond motifs is 1. The minimum absolute atomic E-state index is 0.0387. The Kier molecular flexibility index (Phi) is 7.80. The summed E-state index contributed by atoms with van der Waals surface area (Å²) in [6.45, 7) is 5.15. The lowest BCUT2D eigenvalue weighted by atomic mass is 10.1. The van der Waals surface area contributed by atoms with Crippen LogP contribution in [0.25, 0.3) is 11.0 Å². The Morgan fingerprint density at radius 1 is 1.27 bits per heavy atom. The second-order valence-electron chi connectivity index (χ2n) is 7.33. The minimum Gasteiger partial charge on any atom is -0.491 e. The van der Waals surface area contributed by atoms with Gasteiger partial charge in [0.2, 0.25) is 11.9 Å². The molecular weight excluding hydrogens is 426 g/mol. The maximum atomic E-state index is 13.0. The number of carbonyl (C=O) groups is 2. The standard InChI is InChI=1S/C22H29N7O4/c1-3-29-17(11-14(2)27-29)21(32)26-22-25-16-12-15(20(24)31)13-18(33-10-6-9-30)19(16)28(22)8-5-4-7-23/h4-5,11-13,30H,3,6-10,23H2,1-2H3,(H2,24,31)(H,25,26,32)/b5-4+. The van der Waals surface area contributed by atoms with Gasteiger partial charge in [-0.2, -0.15) is 5.10 Å². The molecule has 3 rings (SSSR count). The summed E-state index contributed by atoms with van der Waals surface area (Å²) < 4.78 is 9.21. The van der Waals surface area contributed by atoms with Crippen molar-refractivity contribution in [3.8, 4) is 5.75 Å². The van der Waals surface area contributed by atoms with Crippen molar-refractivity contribution in [3.05, 3.63) is 47.3 Å². The molecule has 2 amide bonds. The van der Waals surface area contributed by atoms with E-state index < -0.39 is 5.91 Å². The number of allylic oxidation sites excluding steroid dienone is 1. The molecule has 0 unspecified atom stereocenters. The Morgan fingerprint density at radius 2 is 2.06 bits per heavy atom. The van der Waals surface area contributed by atoms with Crippen molar-refractivity contribution in [1.82, 2.24) is 19.3 Å². The van der Waals surface area contributed by atoms with Gasteiger partial charge >= 0.3 is 0 Å². The van der Waals surface area contributed by atoms with E-state index in [1.54, 1.807) is 27.5 Å². The number of aryl methyl sites for hydroxylation is 2. The van der Waals surface area contributed by atoms with Gasteiger partial charge in [0, 0.05) is 38.2 Å². The fourth-order valence-electron chi connectivity index (χ4n) is 3.41. The monoisotopic (exact) mass is 455 g/mol. The lowest BCUT2D eigenvalue weighted by Crippen LogP contribution is -2.20. The van der Waals surface area contributed by atoms with Crippen LogP contribution in [0.2, 0.25) is 0 Å². The van der Waals surface area contributed by atoms with Crippen molar-refractivity contribution in [3.63, 3.8) is 0 Å². The number of aromatic nitrogens is 4. The zero-order chi connectivity index (χ0) is 24.0. The summed E-state index contributed by atoms with van der Waals surface area (Å²) in [7, 11) is 0. The largest absolute Gasteiger partial charge is 0.491 e. The molecule has 11 nitrogen and oxygen atoms in total. The van der Waals surface area contributed by atoms with Crippen LogP contribution in [0.4, 0.5) is 5.95 Å². The molecule has 11 heteroatoms. The van der Waals surface area contributed by atoms with Gasteiger partial charge in [-0.05, 0) is 32.0 Å². The topological polar surface area (TPSA) is 163 Å². The predicted octanol–water partition coefficient (Wildman–Crippen LogP) is 1.19. The maximum Gasteiger partial charge on any atom is 0.276 e. The summed E-state index contributed by atoms with van der Waals surface area (Å²) in [5.41, 5.74) is 13.4. The van der Waals surface area contributed by atoms with E-state index in [-0.39, 0.29) is 30.6 Å². The number of ether oxygens (including phenoxy) is 1. The number of anilines is 1. The molecule has 176 valence electrons. The first-order chi connectivity index (χ1) is 15.9. The van der Waals surface area contributed by atoms with Crippen LogP contribution >= 0.6 is 0 Å². The highest BCUT2D eigenvalue weighted by molar-refractivity contribution is 6.04. The SMILES string of the molecule is CCn1nc(C)cc1C(=O)Nc1nc2cc(C(N)=O)cc(OCCCO)c2n1C/C=C/CN. The van der Waals surface area contributed by atoms with E-state index in [1.165, 1.54) is 6.07 Å². The minimum atomic E-state index is -0.630. The van der Waals surface area contributed by atoms with Gasteiger partial charge in [0.25, 0.3) is 5.91 Å². The number of aliphatic hydroxyl groups excluding tert-OH is 1. The fourth-order valence-corrected chi connectivity index (χ4v) is 3.41. The molecule has 0 spiro atoms. The summed E-state index contributed by atoms with van der Waals surface area (Å²) in [6, 6.07) is 4.79. The van der Waals surface area contributed by atoms with E-state index in [9.17, 15) is 9.59 Å². The Balaban J connectivity index is 2.11. The molecule has 0 aliphatic carbocycles. The van der Waals surface area contributed by atoms with Gasteiger partial charge in [-0.15, -0.1) is 0 Å². The number of aliphatic hydroxyl groups is 1. The number of rotatable bonds is 11. The van der Waals surface area contributed by atoms with Crippen molar-refractivity contribution >= 4 is 28.8 Å². The molecule has 2 heterocycles. The van der Waals surface area contributed by atoms with E-state index in [2.05, 4.69) is 15.4 Å². The second-order valence-corrected chi connectivity index (χ2v) is 7.33. The predicted molar refractivity (Wildman–Crippen MR) is 124 cm³/mol. The van der Waals surface area contributed by atoms with E-state index in [4.69, 9.17) is 21.3 Å².